The van der Waals surface area contributed by atoms with Crippen molar-refractivity contribution >= 4 is 5.91 Å². The quantitative estimate of drug-likeness (QED) is 0.530. The largest absolute Gasteiger partial charge is 0.369 e. The normalized spacial score (nSPS) is 44.2. The Morgan fingerprint density at radius 3 is 2.60 bits per heavy atom. The maximum atomic E-state index is 10.8. The van der Waals surface area contributed by atoms with Crippen molar-refractivity contribution in [3.8, 4) is 0 Å². The van der Waals surface area contributed by atoms with Crippen molar-refractivity contribution in [2.45, 2.75) is 6.42 Å². The topological polar surface area (TPSA) is 46.3 Å². The van der Waals surface area contributed by atoms with Gasteiger partial charge in [0, 0.05) is 13.1 Å². The fraction of sp³-hybridized carbons (Fsp3) is 0.857. The number of rotatable bonds is 1. The molecule has 1 amide bonds. The van der Waals surface area contributed by atoms with E-state index in [2.05, 4.69) is 4.90 Å². The van der Waals surface area contributed by atoms with Gasteiger partial charge in [-0.2, -0.15) is 0 Å². The molecule has 0 spiro atoms. The molecule has 10 heavy (non-hydrogen) atoms. The third-order valence-corrected chi connectivity index (χ3v) is 2.70. The lowest BCUT2D eigenvalue weighted by atomic mass is 9.92. The Balaban J connectivity index is 2.08. The van der Waals surface area contributed by atoms with Gasteiger partial charge in [-0.1, -0.05) is 0 Å². The van der Waals surface area contributed by atoms with E-state index in [0.29, 0.717) is 5.92 Å². The number of nitrogens with zero attached hydrogens (tertiary/aromatic N) is 1. The van der Waals surface area contributed by atoms with Crippen LogP contribution in [0.15, 0.2) is 0 Å². The van der Waals surface area contributed by atoms with Gasteiger partial charge in [0.05, 0.1) is 5.92 Å². The van der Waals surface area contributed by atoms with Crippen LogP contribution >= 0.6 is 0 Å². The number of carbonyl (C=O) groups excluding carboxylic acids is 1. The zero-order chi connectivity index (χ0) is 7.14. The van der Waals surface area contributed by atoms with Gasteiger partial charge in [-0.25, -0.2) is 0 Å². The smallest absolute Gasteiger partial charge is 0.222 e. The van der Waals surface area contributed by atoms with Crippen LogP contribution in [0, 0.1) is 11.8 Å². The lowest BCUT2D eigenvalue weighted by Crippen LogP contribution is -2.33. The second-order valence-corrected chi connectivity index (χ2v) is 3.32. The summed E-state index contributed by atoms with van der Waals surface area (Å²) in [6.45, 7) is 3.20. The second-order valence-electron chi connectivity index (χ2n) is 3.32. The number of piperidine rings is 1. The number of hydrogen-bond acceptors (Lipinski definition) is 2. The highest BCUT2D eigenvalue weighted by molar-refractivity contribution is 5.77. The molecule has 2 heterocycles. The SMILES string of the molecule is NC(=O)[C@H]1CN2CC[C@H]1C2. The van der Waals surface area contributed by atoms with Crippen LogP contribution in [0.4, 0.5) is 0 Å². The number of hydrogen-bond donors (Lipinski definition) is 1. The zero-order valence-corrected chi connectivity index (χ0v) is 5.92. The standard InChI is InChI=1S/C7H12N2O/c8-7(10)6-4-9-2-1-5(6)3-9/h5-6H,1-4H2,(H2,8,10)/t5-,6-/m0/s1. The molecular formula is C7H12N2O. The van der Waals surface area contributed by atoms with Crippen LogP contribution in [-0.2, 0) is 4.79 Å². The van der Waals surface area contributed by atoms with Crippen molar-refractivity contribution in [3.63, 3.8) is 0 Å². The molecule has 56 valence electrons. The molecule has 2 aliphatic rings. The first-order valence-electron chi connectivity index (χ1n) is 3.79. The highest BCUT2D eigenvalue weighted by Gasteiger charge is 2.40. The van der Waals surface area contributed by atoms with Gasteiger partial charge in [-0.05, 0) is 18.9 Å². The minimum absolute atomic E-state index is 0.104. The van der Waals surface area contributed by atoms with Crippen molar-refractivity contribution in [2.24, 2.45) is 17.6 Å². The Labute approximate surface area is 60.2 Å². The number of amides is 1. The summed E-state index contributed by atoms with van der Waals surface area (Å²) < 4.78 is 0. The van der Waals surface area contributed by atoms with E-state index in [1.54, 1.807) is 0 Å². The predicted octanol–water partition coefficient (Wildman–Crippen LogP) is -0.577. The molecule has 0 aliphatic carbocycles. The fourth-order valence-electron chi connectivity index (χ4n) is 2.11. The molecule has 3 nitrogen and oxygen atoms in total. The second kappa shape index (κ2) is 1.95. The van der Waals surface area contributed by atoms with Gasteiger partial charge < -0.3 is 10.6 Å². The third kappa shape index (κ3) is 0.736. The Morgan fingerprint density at radius 2 is 2.30 bits per heavy atom. The maximum Gasteiger partial charge on any atom is 0.222 e. The summed E-state index contributed by atoms with van der Waals surface area (Å²) in [6, 6.07) is 0. The van der Waals surface area contributed by atoms with E-state index in [9.17, 15) is 4.79 Å². The Bertz CT molecular complexity index is 169. The molecule has 0 aromatic heterocycles. The third-order valence-electron chi connectivity index (χ3n) is 2.70. The van der Waals surface area contributed by atoms with Gasteiger partial charge in [0.2, 0.25) is 5.91 Å². The number of nitrogens with two attached hydrogens (primary N) is 1. The van der Waals surface area contributed by atoms with Crippen molar-refractivity contribution in [3.05, 3.63) is 0 Å². The maximum absolute atomic E-state index is 10.8. The van der Waals surface area contributed by atoms with Gasteiger partial charge in [0.25, 0.3) is 0 Å². The summed E-state index contributed by atoms with van der Waals surface area (Å²) in [5.74, 6) is 0.637. The van der Waals surface area contributed by atoms with Gasteiger partial charge in [-0.15, -0.1) is 0 Å². The first-order chi connectivity index (χ1) is 4.77. The van der Waals surface area contributed by atoms with Gasteiger partial charge in [0.1, 0.15) is 0 Å². The molecule has 0 aromatic rings. The minimum atomic E-state index is -0.104. The first-order valence-corrected chi connectivity index (χ1v) is 3.79. The average Bonchev–Trinajstić information content (AvgIpc) is 2.44. The van der Waals surface area contributed by atoms with Gasteiger partial charge in [-0.3, -0.25) is 4.79 Å². The number of carbonyl (C=O) groups is 1. The van der Waals surface area contributed by atoms with E-state index >= 15 is 0 Å². The Hall–Kier alpha value is -0.570. The van der Waals surface area contributed by atoms with Crippen molar-refractivity contribution < 1.29 is 4.79 Å². The van der Waals surface area contributed by atoms with Crippen LogP contribution < -0.4 is 5.73 Å². The molecule has 2 fully saturated rings. The highest BCUT2D eigenvalue weighted by atomic mass is 16.1. The van der Waals surface area contributed by atoms with E-state index in [1.165, 1.54) is 13.0 Å². The first kappa shape index (κ1) is 6.16. The van der Waals surface area contributed by atoms with Crippen LogP contribution in [0.2, 0.25) is 0 Å². The molecule has 2 rings (SSSR count). The molecule has 0 radical (unpaired) electrons. The molecule has 0 aromatic carbocycles. The summed E-state index contributed by atoms with van der Waals surface area (Å²) in [4.78, 5) is 13.1. The Morgan fingerprint density at radius 1 is 1.50 bits per heavy atom. The lowest BCUT2D eigenvalue weighted by molar-refractivity contribution is -0.122. The molecule has 2 aliphatic heterocycles. The minimum Gasteiger partial charge on any atom is -0.369 e. The van der Waals surface area contributed by atoms with E-state index in [4.69, 9.17) is 5.73 Å². The molecule has 0 saturated carbocycles. The lowest BCUT2D eigenvalue weighted by Gasteiger charge is -2.18. The highest BCUT2D eigenvalue weighted by Crippen LogP contribution is 2.32. The van der Waals surface area contributed by atoms with E-state index in [-0.39, 0.29) is 11.8 Å². The zero-order valence-electron chi connectivity index (χ0n) is 5.92. The number of primary amides is 1. The van der Waals surface area contributed by atoms with Crippen LogP contribution in [0.3, 0.4) is 0 Å². The number of fused-ring (bicyclic) bond motifs is 2. The van der Waals surface area contributed by atoms with Crippen molar-refractivity contribution in [1.82, 2.24) is 4.90 Å². The summed E-state index contributed by atoms with van der Waals surface area (Å²) in [6.07, 6.45) is 1.17. The molecule has 3 atom stereocenters. The van der Waals surface area contributed by atoms with Crippen LogP contribution in [-0.4, -0.2) is 30.4 Å². The van der Waals surface area contributed by atoms with Crippen molar-refractivity contribution in [1.29, 1.82) is 0 Å². The summed E-state index contributed by atoms with van der Waals surface area (Å²) in [5.41, 5.74) is 5.22. The summed E-state index contributed by atoms with van der Waals surface area (Å²) >= 11 is 0. The molecule has 1 unspecified atom stereocenters. The van der Waals surface area contributed by atoms with Gasteiger partial charge >= 0.3 is 0 Å². The van der Waals surface area contributed by atoms with E-state index in [1.807, 2.05) is 0 Å². The average molecular weight is 140 g/mol. The van der Waals surface area contributed by atoms with Crippen LogP contribution in [0.25, 0.3) is 0 Å². The summed E-state index contributed by atoms with van der Waals surface area (Å²) in [7, 11) is 0. The van der Waals surface area contributed by atoms with Gasteiger partial charge in [0.15, 0.2) is 0 Å². The van der Waals surface area contributed by atoms with Crippen LogP contribution in [0.5, 0.6) is 0 Å². The molecule has 2 N–H and O–H groups in total. The summed E-state index contributed by atoms with van der Waals surface area (Å²) in [5, 5.41) is 0. The molecular weight excluding hydrogens is 128 g/mol. The van der Waals surface area contributed by atoms with E-state index < -0.39 is 0 Å². The fourth-order valence-corrected chi connectivity index (χ4v) is 2.11. The predicted molar refractivity (Wildman–Crippen MR) is 37.2 cm³/mol. The van der Waals surface area contributed by atoms with Crippen molar-refractivity contribution in [2.75, 3.05) is 19.6 Å². The molecule has 2 bridgehead atoms. The van der Waals surface area contributed by atoms with E-state index in [0.717, 1.165) is 13.1 Å². The monoisotopic (exact) mass is 140 g/mol. The Kier molecular flexibility index (Phi) is 1.20. The molecule has 2 saturated heterocycles. The van der Waals surface area contributed by atoms with Crippen LogP contribution in [0.1, 0.15) is 6.42 Å². The molecule has 3 heteroatoms.